The quantitative estimate of drug-likeness (QED) is 0.879. The molecule has 16 heavy (non-hydrogen) atoms. The molecule has 2 aromatic heterocycles. The molecule has 0 radical (unpaired) electrons. The van der Waals surface area contributed by atoms with Gasteiger partial charge in [0.25, 0.3) is 0 Å². The van der Waals surface area contributed by atoms with Crippen molar-refractivity contribution in [1.82, 2.24) is 10.3 Å². The number of rotatable bonds is 3. The van der Waals surface area contributed by atoms with Crippen molar-refractivity contribution in [3.05, 3.63) is 51.5 Å². The summed E-state index contributed by atoms with van der Waals surface area (Å²) in [4.78, 5) is 5.59. The third-order valence-corrected chi connectivity index (χ3v) is 3.93. The van der Waals surface area contributed by atoms with Gasteiger partial charge in [0.2, 0.25) is 0 Å². The molecule has 1 N–H and O–H groups in total. The lowest BCUT2D eigenvalue weighted by Crippen LogP contribution is -2.18. The summed E-state index contributed by atoms with van der Waals surface area (Å²) < 4.78 is 0. The van der Waals surface area contributed by atoms with E-state index in [2.05, 4.69) is 41.7 Å². The van der Waals surface area contributed by atoms with E-state index in [1.807, 2.05) is 19.4 Å². The topological polar surface area (TPSA) is 24.9 Å². The van der Waals surface area contributed by atoms with E-state index < -0.39 is 0 Å². The van der Waals surface area contributed by atoms with Crippen molar-refractivity contribution in [3.63, 3.8) is 0 Å². The molecule has 0 fully saturated rings. The van der Waals surface area contributed by atoms with Gasteiger partial charge in [0.1, 0.15) is 0 Å². The van der Waals surface area contributed by atoms with E-state index in [0.29, 0.717) is 0 Å². The molecular weight excluding hydrogens is 216 g/mol. The molecule has 0 bridgehead atoms. The van der Waals surface area contributed by atoms with E-state index in [-0.39, 0.29) is 6.04 Å². The highest BCUT2D eigenvalue weighted by molar-refractivity contribution is 7.10. The first-order valence-electron chi connectivity index (χ1n) is 5.35. The van der Waals surface area contributed by atoms with Crippen molar-refractivity contribution in [2.24, 2.45) is 0 Å². The summed E-state index contributed by atoms with van der Waals surface area (Å²) in [5, 5.41) is 5.51. The molecule has 2 nitrogen and oxygen atoms in total. The van der Waals surface area contributed by atoms with Crippen molar-refractivity contribution in [1.29, 1.82) is 0 Å². The monoisotopic (exact) mass is 232 g/mol. The number of aryl methyl sites for hydroxylation is 2. The largest absolute Gasteiger partial charge is 0.309 e. The summed E-state index contributed by atoms with van der Waals surface area (Å²) in [6.07, 6.45) is 3.79. The van der Waals surface area contributed by atoms with E-state index in [1.165, 1.54) is 21.6 Å². The van der Waals surface area contributed by atoms with Crippen molar-refractivity contribution in [3.8, 4) is 0 Å². The summed E-state index contributed by atoms with van der Waals surface area (Å²) in [6.45, 7) is 4.28. The second kappa shape index (κ2) is 4.76. The maximum Gasteiger partial charge on any atom is 0.0688 e. The first kappa shape index (κ1) is 11.3. The molecule has 2 rings (SSSR count). The lowest BCUT2D eigenvalue weighted by molar-refractivity contribution is 0.692. The van der Waals surface area contributed by atoms with Crippen LogP contribution in [0.1, 0.15) is 27.6 Å². The SMILES string of the molecule is CNC(c1cnccc1C)c1sccc1C. The summed E-state index contributed by atoms with van der Waals surface area (Å²) >= 11 is 1.80. The molecule has 0 aliphatic carbocycles. The van der Waals surface area contributed by atoms with Crippen LogP contribution in [0.15, 0.2) is 29.9 Å². The number of pyridine rings is 1. The standard InChI is InChI=1S/C13H16N2S/c1-9-4-6-15-8-11(9)12(14-3)13-10(2)5-7-16-13/h4-8,12,14H,1-3H3. The average Bonchev–Trinajstić information content (AvgIpc) is 2.69. The second-order valence-corrected chi connectivity index (χ2v) is 4.87. The first-order valence-corrected chi connectivity index (χ1v) is 6.23. The highest BCUT2D eigenvalue weighted by atomic mass is 32.1. The zero-order valence-corrected chi connectivity index (χ0v) is 10.6. The van der Waals surface area contributed by atoms with Crippen LogP contribution in [-0.4, -0.2) is 12.0 Å². The van der Waals surface area contributed by atoms with Gasteiger partial charge in [0, 0.05) is 17.3 Å². The van der Waals surface area contributed by atoms with Crippen molar-refractivity contribution < 1.29 is 0 Å². The van der Waals surface area contributed by atoms with E-state index in [1.54, 1.807) is 11.3 Å². The fourth-order valence-electron chi connectivity index (χ4n) is 1.89. The lowest BCUT2D eigenvalue weighted by atomic mass is 10.0. The lowest BCUT2D eigenvalue weighted by Gasteiger charge is -2.18. The molecule has 2 aromatic rings. The number of thiophene rings is 1. The summed E-state index contributed by atoms with van der Waals surface area (Å²) in [7, 11) is 2.00. The van der Waals surface area contributed by atoms with Gasteiger partial charge >= 0.3 is 0 Å². The third kappa shape index (κ3) is 2.01. The fourth-order valence-corrected chi connectivity index (χ4v) is 2.94. The number of hydrogen-bond acceptors (Lipinski definition) is 3. The number of nitrogens with zero attached hydrogens (tertiary/aromatic N) is 1. The number of aromatic nitrogens is 1. The molecule has 0 amide bonds. The predicted octanol–water partition coefficient (Wildman–Crippen LogP) is 3.07. The maximum absolute atomic E-state index is 4.22. The molecule has 0 aliphatic rings. The Morgan fingerprint density at radius 2 is 2.06 bits per heavy atom. The Morgan fingerprint density at radius 1 is 1.25 bits per heavy atom. The van der Waals surface area contributed by atoms with Gasteiger partial charge in [0.05, 0.1) is 6.04 Å². The Balaban J connectivity index is 2.45. The Morgan fingerprint density at radius 3 is 2.62 bits per heavy atom. The van der Waals surface area contributed by atoms with Crippen LogP contribution in [0.3, 0.4) is 0 Å². The van der Waals surface area contributed by atoms with Gasteiger partial charge in [-0.2, -0.15) is 0 Å². The van der Waals surface area contributed by atoms with E-state index in [4.69, 9.17) is 0 Å². The first-order chi connectivity index (χ1) is 7.74. The van der Waals surface area contributed by atoms with Crippen LogP contribution < -0.4 is 5.32 Å². The van der Waals surface area contributed by atoms with Gasteiger partial charge in [-0.25, -0.2) is 0 Å². The molecule has 0 spiro atoms. The minimum Gasteiger partial charge on any atom is -0.309 e. The Kier molecular flexibility index (Phi) is 3.36. The third-order valence-electron chi connectivity index (χ3n) is 2.84. The summed E-state index contributed by atoms with van der Waals surface area (Å²) in [5.74, 6) is 0. The molecule has 1 atom stereocenters. The highest BCUT2D eigenvalue weighted by Crippen LogP contribution is 2.30. The smallest absolute Gasteiger partial charge is 0.0688 e. The number of hydrogen-bond donors (Lipinski definition) is 1. The summed E-state index contributed by atoms with van der Waals surface area (Å²) in [5.41, 5.74) is 3.88. The maximum atomic E-state index is 4.22. The van der Waals surface area contributed by atoms with Gasteiger partial charge < -0.3 is 5.32 Å². The highest BCUT2D eigenvalue weighted by Gasteiger charge is 2.17. The molecule has 2 heterocycles. The average molecular weight is 232 g/mol. The van der Waals surface area contributed by atoms with E-state index in [0.717, 1.165) is 0 Å². The van der Waals surface area contributed by atoms with E-state index >= 15 is 0 Å². The molecule has 0 aromatic carbocycles. The van der Waals surface area contributed by atoms with Gasteiger partial charge in [-0.3, -0.25) is 4.98 Å². The molecule has 0 aliphatic heterocycles. The van der Waals surface area contributed by atoms with Crippen LogP contribution in [0.4, 0.5) is 0 Å². The van der Waals surface area contributed by atoms with Gasteiger partial charge in [-0.15, -0.1) is 11.3 Å². The normalized spacial score (nSPS) is 12.7. The van der Waals surface area contributed by atoms with E-state index in [9.17, 15) is 0 Å². The van der Waals surface area contributed by atoms with Crippen LogP contribution in [-0.2, 0) is 0 Å². The minimum atomic E-state index is 0.258. The zero-order chi connectivity index (χ0) is 11.5. The molecule has 3 heteroatoms. The molecule has 0 saturated carbocycles. The molecular formula is C13H16N2S. The Labute approximate surface area is 100 Å². The van der Waals surface area contributed by atoms with Crippen LogP contribution in [0.5, 0.6) is 0 Å². The van der Waals surface area contributed by atoms with Crippen molar-refractivity contribution in [2.75, 3.05) is 7.05 Å². The van der Waals surface area contributed by atoms with Crippen molar-refractivity contribution in [2.45, 2.75) is 19.9 Å². The number of nitrogens with one attached hydrogen (secondary N) is 1. The zero-order valence-electron chi connectivity index (χ0n) is 9.82. The van der Waals surface area contributed by atoms with Gasteiger partial charge in [0.15, 0.2) is 0 Å². The Bertz CT molecular complexity index is 476. The van der Waals surface area contributed by atoms with Crippen LogP contribution in [0, 0.1) is 13.8 Å². The van der Waals surface area contributed by atoms with Gasteiger partial charge in [-0.1, -0.05) is 0 Å². The van der Waals surface area contributed by atoms with Crippen LogP contribution in [0.25, 0.3) is 0 Å². The fraction of sp³-hybridized carbons (Fsp3) is 0.308. The summed E-state index contributed by atoms with van der Waals surface area (Å²) in [6, 6.07) is 4.48. The molecule has 1 unspecified atom stereocenters. The molecule has 84 valence electrons. The molecule has 0 saturated heterocycles. The van der Waals surface area contributed by atoms with Crippen LogP contribution >= 0.6 is 11.3 Å². The van der Waals surface area contributed by atoms with Crippen molar-refractivity contribution >= 4 is 11.3 Å². The second-order valence-electron chi connectivity index (χ2n) is 3.92. The van der Waals surface area contributed by atoms with Gasteiger partial charge in [-0.05, 0) is 55.1 Å². The Hall–Kier alpha value is -1.19. The van der Waals surface area contributed by atoms with Crippen LogP contribution in [0.2, 0.25) is 0 Å². The predicted molar refractivity (Wildman–Crippen MR) is 68.9 cm³/mol. The minimum absolute atomic E-state index is 0.258.